The van der Waals surface area contributed by atoms with E-state index in [1.807, 2.05) is 13.8 Å². The van der Waals surface area contributed by atoms with Crippen LogP contribution in [0.4, 0.5) is 4.39 Å². The number of benzene rings is 1. The third kappa shape index (κ3) is 7.38. The zero-order valence-corrected chi connectivity index (χ0v) is 13.6. The van der Waals surface area contributed by atoms with Crippen LogP contribution in [0.3, 0.4) is 0 Å². The molecular formula is C15H23ClFN3O2. The molecule has 0 aliphatic heterocycles. The molecule has 0 aromatic heterocycles. The van der Waals surface area contributed by atoms with Crippen molar-refractivity contribution in [2.45, 2.75) is 32.2 Å². The van der Waals surface area contributed by atoms with E-state index in [0.29, 0.717) is 31.5 Å². The second kappa shape index (κ2) is 9.38. The van der Waals surface area contributed by atoms with Crippen LogP contribution in [-0.4, -0.2) is 30.4 Å². The summed E-state index contributed by atoms with van der Waals surface area (Å²) < 4.78 is 12.7. The molecule has 0 aliphatic rings. The number of halogens is 2. The minimum Gasteiger partial charge on any atom is -0.352 e. The van der Waals surface area contributed by atoms with Crippen molar-refractivity contribution in [3.63, 3.8) is 0 Å². The molecule has 5 nitrogen and oxygen atoms in total. The highest BCUT2D eigenvalue weighted by Crippen LogP contribution is 2.03. The maximum Gasteiger partial charge on any atom is 0.251 e. The number of carbonyl (C=O) groups excluding carboxylic acids is 2. The molecule has 4 N–H and O–H groups in total. The van der Waals surface area contributed by atoms with Crippen molar-refractivity contribution in [1.82, 2.24) is 10.6 Å². The van der Waals surface area contributed by atoms with E-state index in [1.165, 1.54) is 24.3 Å². The van der Waals surface area contributed by atoms with Gasteiger partial charge in [0.2, 0.25) is 5.91 Å². The summed E-state index contributed by atoms with van der Waals surface area (Å²) in [7, 11) is 0. The monoisotopic (exact) mass is 331 g/mol. The third-order valence-electron chi connectivity index (χ3n) is 2.96. The number of nitrogens with two attached hydrogens (primary N) is 1. The highest BCUT2D eigenvalue weighted by atomic mass is 35.5. The van der Waals surface area contributed by atoms with Crippen LogP contribution in [0, 0.1) is 5.82 Å². The van der Waals surface area contributed by atoms with E-state index in [0.717, 1.165) is 0 Å². The van der Waals surface area contributed by atoms with Crippen molar-refractivity contribution in [2.24, 2.45) is 5.73 Å². The van der Waals surface area contributed by atoms with E-state index in [4.69, 9.17) is 5.73 Å². The fraction of sp³-hybridized carbons (Fsp3) is 0.467. The molecule has 0 heterocycles. The summed E-state index contributed by atoms with van der Waals surface area (Å²) in [4.78, 5) is 23.4. The standard InChI is InChI=1S/C15H22FN3O2.ClH/c1-15(2,10-17)19-13(20)4-3-9-18-14(21)11-5-7-12(16)8-6-11;/h5-8H,3-4,9-10,17H2,1-2H3,(H,18,21)(H,19,20);1H. The predicted octanol–water partition coefficient (Wildman–Crippen LogP) is 1.61. The van der Waals surface area contributed by atoms with E-state index in [1.54, 1.807) is 0 Å². The molecule has 1 rings (SSSR count). The van der Waals surface area contributed by atoms with Crippen molar-refractivity contribution in [3.8, 4) is 0 Å². The Hall–Kier alpha value is -1.66. The summed E-state index contributed by atoms with van der Waals surface area (Å²) in [6.07, 6.45) is 0.840. The molecule has 0 saturated heterocycles. The van der Waals surface area contributed by atoms with E-state index in [-0.39, 0.29) is 30.0 Å². The first-order chi connectivity index (χ1) is 9.84. The quantitative estimate of drug-likeness (QED) is 0.664. The molecule has 1 aromatic carbocycles. The SMILES string of the molecule is CC(C)(CN)NC(=O)CCCNC(=O)c1ccc(F)cc1.Cl. The number of nitrogens with one attached hydrogen (secondary N) is 2. The third-order valence-corrected chi connectivity index (χ3v) is 2.96. The molecular weight excluding hydrogens is 309 g/mol. The molecule has 0 saturated carbocycles. The number of hydrogen-bond acceptors (Lipinski definition) is 3. The second-order valence-electron chi connectivity index (χ2n) is 5.50. The van der Waals surface area contributed by atoms with Crippen LogP contribution in [0.5, 0.6) is 0 Å². The summed E-state index contributed by atoms with van der Waals surface area (Å²) in [6.45, 7) is 4.44. The maximum absolute atomic E-state index is 12.7. The molecule has 0 radical (unpaired) electrons. The normalized spacial score (nSPS) is 10.5. The summed E-state index contributed by atoms with van der Waals surface area (Å²) >= 11 is 0. The van der Waals surface area contributed by atoms with Crippen molar-refractivity contribution in [2.75, 3.05) is 13.1 Å². The summed E-state index contributed by atoms with van der Waals surface area (Å²) in [5.74, 6) is -0.759. The second-order valence-corrected chi connectivity index (χ2v) is 5.50. The molecule has 0 unspecified atom stereocenters. The van der Waals surface area contributed by atoms with Gasteiger partial charge in [0, 0.05) is 30.6 Å². The van der Waals surface area contributed by atoms with Gasteiger partial charge in [-0.2, -0.15) is 0 Å². The zero-order chi connectivity index (χ0) is 15.9. The van der Waals surface area contributed by atoms with E-state index < -0.39 is 5.54 Å². The summed E-state index contributed by atoms with van der Waals surface area (Å²) in [5.41, 5.74) is 5.50. The van der Waals surface area contributed by atoms with E-state index in [9.17, 15) is 14.0 Å². The van der Waals surface area contributed by atoms with E-state index >= 15 is 0 Å². The Morgan fingerprint density at radius 3 is 2.36 bits per heavy atom. The lowest BCUT2D eigenvalue weighted by molar-refractivity contribution is -0.122. The molecule has 0 fully saturated rings. The first kappa shape index (κ1) is 20.3. The largest absolute Gasteiger partial charge is 0.352 e. The zero-order valence-electron chi connectivity index (χ0n) is 12.8. The Bertz CT molecular complexity index is 492. The lowest BCUT2D eigenvalue weighted by Gasteiger charge is -2.24. The van der Waals surface area contributed by atoms with E-state index in [2.05, 4.69) is 10.6 Å². The van der Waals surface area contributed by atoms with Gasteiger partial charge in [-0.05, 0) is 44.5 Å². The van der Waals surface area contributed by atoms with Gasteiger partial charge in [-0.3, -0.25) is 9.59 Å². The van der Waals surface area contributed by atoms with Crippen molar-refractivity contribution >= 4 is 24.2 Å². The van der Waals surface area contributed by atoms with Crippen LogP contribution in [0.1, 0.15) is 37.0 Å². The van der Waals surface area contributed by atoms with Gasteiger partial charge in [0.25, 0.3) is 5.91 Å². The number of hydrogen-bond donors (Lipinski definition) is 3. The highest BCUT2D eigenvalue weighted by Gasteiger charge is 2.17. The molecule has 2 amide bonds. The number of carbonyl (C=O) groups is 2. The first-order valence-electron chi connectivity index (χ1n) is 6.89. The number of rotatable bonds is 7. The van der Waals surface area contributed by atoms with Gasteiger partial charge in [0.15, 0.2) is 0 Å². The Kier molecular flexibility index (Phi) is 8.67. The Morgan fingerprint density at radius 1 is 1.23 bits per heavy atom. The molecule has 0 aliphatic carbocycles. The van der Waals surface area contributed by atoms with Gasteiger partial charge in [-0.15, -0.1) is 12.4 Å². The van der Waals surface area contributed by atoms with Crippen LogP contribution < -0.4 is 16.4 Å². The Labute approximate surface area is 136 Å². The van der Waals surface area contributed by atoms with Gasteiger partial charge in [0.1, 0.15) is 5.82 Å². The molecule has 0 atom stereocenters. The van der Waals surface area contributed by atoms with Gasteiger partial charge < -0.3 is 16.4 Å². The Morgan fingerprint density at radius 2 is 1.82 bits per heavy atom. The topological polar surface area (TPSA) is 84.2 Å². The lowest BCUT2D eigenvalue weighted by atomic mass is 10.1. The predicted molar refractivity (Wildman–Crippen MR) is 86.5 cm³/mol. The molecule has 22 heavy (non-hydrogen) atoms. The van der Waals surface area contributed by atoms with Crippen molar-refractivity contribution in [3.05, 3.63) is 35.6 Å². The first-order valence-corrected chi connectivity index (χ1v) is 6.89. The summed E-state index contributed by atoms with van der Waals surface area (Å²) in [6, 6.07) is 5.30. The molecule has 7 heteroatoms. The van der Waals surface area contributed by atoms with Gasteiger partial charge in [-0.25, -0.2) is 4.39 Å². The fourth-order valence-electron chi connectivity index (χ4n) is 1.65. The van der Waals surface area contributed by atoms with Gasteiger partial charge >= 0.3 is 0 Å². The lowest BCUT2D eigenvalue weighted by Crippen LogP contribution is -2.48. The van der Waals surface area contributed by atoms with Crippen molar-refractivity contribution in [1.29, 1.82) is 0 Å². The maximum atomic E-state index is 12.7. The van der Waals surface area contributed by atoms with Gasteiger partial charge in [0.05, 0.1) is 0 Å². The molecule has 0 spiro atoms. The summed E-state index contributed by atoms with van der Waals surface area (Å²) in [5, 5.41) is 5.50. The smallest absolute Gasteiger partial charge is 0.251 e. The molecule has 0 bridgehead atoms. The average molecular weight is 332 g/mol. The highest BCUT2D eigenvalue weighted by molar-refractivity contribution is 5.94. The van der Waals surface area contributed by atoms with Gasteiger partial charge in [-0.1, -0.05) is 0 Å². The molecule has 124 valence electrons. The van der Waals surface area contributed by atoms with Crippen LogP contribution in [-0.2, 0) is 4.79 Å². The molecule has 1 aromatic rings. The van der Waals surface area contributed by atoms with Crippen LogP contribution >= 0.6 is 12.4 Å². The minimum atomic E-state index is -0.422. The van der Waals surface area contributed by atoms with Crippen LogP contribution in [0.25, 0.3) is 0 Å². The average Bonchev–Trinajstić information content (AvgIpc) is 2.43. The Balaban J connectivity index is 0.00000441. The van der Waals surface area contributed by atoms with Crippen LogP contribution in [0.15, 0.2) is 24.3 Å². The minimum absolute atomic E-state index is 0. The number of amides is 2. The fourth-order valence-corrected chi connectivity index (χ4v) is 1.65. The van der Waals surface area contributed by atoms with Crippen molar-refractivity contribution < 1.29 is 14.0 Å². The van der Waals surface area contributed by atoms with Crippen LogP contribution in [0.2, 0.25) is 0 Å².